The Morgan fingerprint density at radius 1 is 1.26 bits per heavy atom. The van der Waals surface area contributed by atoms with Crippen molar-refractivity contribution in [2.24, 2.45) is 5.41 Å². The smallest absolute Gasteiger partial charge is 0.410 e. The lowest BCUT2D eigenvalue weighted by Gasteiger charge is -2.40. The van der Waals surface area contributed by atoms with E-state index in [0.29, 0.717) is 26.3 Å². The van der Waals surface area contributed by atoms with Crippen molar-refractivity contribution in [3.05, 3.63) is 0 Å². The van der Waals surface area contributed by atoms with E-state index in [-0.39, 0.29) is 17.6 Å². The van der Waals surface area contributed by atoms with Gasteiger partial charge >= 0.3 is 6.09 Å². The molecule has 1 amide bonds. The van der Waals surface area contributed by atoms with Crippen molar-refractivity contribution in [2.75, 3.05) is 46.1 Å². The van der Waals surface area contributed by atoms with Crippen LogP contribution in [0, 0.1) is 5.41 Å². The number of carbonyl (C=O) groups is 1. The SMILES string of the molecule is CCC1(COCCCOC2CN(C(=O)OC(C)(C)C)C2)COC1. The highest BCUT2D eigenvalue weighted by atomic mass is 16.6. The van der Waals surface area contributed by atoms with Crippen molar-refractivity contribution < 1.29 is 23.7 Å². The molecule has 134 valence electrons. The van der Waals surface area contributed by atoms with Crippen LogP contribution in [0.3, 0.4) is 0 Å². The van der Waals surface area contributed by atoms with Crippen LogP contribution in [-0.2, 0) is 18.9 Å². The summed E-state index contributed by atoms with van der Waals surface area (Å²) in [4.78, 5) is 13.5. The van der Waals surface area contributed by atoms with E-state index in [2.05, 4.69) is 6.92 Å². The lowest BCUT2D eigenvalue weighted by atomic mass is 9.84. The van der Waals surface area contributed by atoms with Gasteiger partial charge in [0, 0.05) is 18.6 Å². The average molecular weight is 329 g/mol. The summed E-state index contributed by atoms with van der Waals surface area (Å²) in [6, 6.07) is 0. The highest BCUT2D eigenvalue weighted by Crippen LogP contribution is 2.31. The molecule has 6 heteroatoms. The van der Waals surface area contributed by atoms with E-state index in [0.717, 1.165) is 32.7 Å². The Kier molecular flexibility index (Phi) is 6.28. The van der Waals surface area contributed by atoms with E-state index in [4.69, 9.17) is 18.9 Å². The lowest BCUT2D eigenvalue weighted by Crippen LogP contribution is -2.56. The van der Waals surface area contributed by atoms with Crippen LogP contribution in [0.1, 0.15) is 40.5 Å². The maximum atomic E-state index is 11.8. The average Bonchev–Trinajstić information content (AvgIpc) is 2.35. The first-order valence-electron chi connectivity index (χ1n) is 8.59. The summed E-state index contributed by atoms with van der Waals surface area (Å²) >= 11 is 0. The standard InChI is InChI=1S/C17H31NO5/c1-5-17(12-21-13-17)11-20-7-6-8-22-14-9-18(10-14)15(19)23-16(2,3)4/h14H,5-13H2,1-4H3. The summed E-state index contributed by atoms with van der Waals surface area (Å²) in [6.45, 7) is 12.8. The predicted molar refractivity (Wildman–Crippen MR) is 86.5 cm³/mol. The van der Waals surface area contributed by atoms with E-state index in [9.17, 15) is 4.79 Å². The molecule has 0 bridgehead atoms. The molecule has 2 rings (SSSR count). The number of likely N-dealkylation sites (tertiary alicyclic amines) is 1. The van der Waals surface area contributed by atoms with E-state index >= 15 is 0 Å². The van der Waals surface area contributed by atoms with Crippen LogP contribution in [-0.4, -0.2) is 68.8 Å². The molecular weight excluding hydrogens is 298 g/mol. The first-order valence-corrected chi connectivity index (χ1v) is 8.59. The molecule has 0 aromatic carbocycles. The van der Waals surface area contributed by atoms with Crippen LogP contribution in [0.4, 0.5) is 4.79 Å². The predicted octanol–water partition coefficient (Wildman–Crippen LogP) is 2.46. The number of hydrogen-bond donors (Lipinski definition) is 0. The monoisotopic (exact) mass is 329 g/mol. The molecule has 0 aliphatic carbocycles. The van der Waals surface area contributed by atoms with Crippen LogP contribution in [0.25, 0.3) is 0 Å². The second kappa shape index (κ2) is 7.81. The summed E-state index contributed by atoms with van der Waals surface area (Å²) in [5.74, 6) is 0. The van der Waals surface area contributed by atoms with Gasteiger partial charge in [-0.05, 0) is 33.6 Å². The highest BCUT2D eigenvalue weighted by Gasteiger charge is 2.37. The van der Waals surface area contributed by atoms with E-state index in [1.165, 1.54) is 0 Å². The fraction of sp³-hybridized carbons (Fsp3) is 0.941. The molecule has 0 unspecified atom stereocenters. The van der Waals surface area contributed by atoms with Crippen molar-refractivity contribution in [2.45, 2.75) is 52.2 Å². The van der Waals surface area contributed by atoms with Gasteiger partial charge in [-0.1, -0.05) is 6.92 Å². The molecule has 0 atom stereocenters. The van der Waals surface area contributed by atoms with Gasteiger partial charge in [-0.25, -0.2) is 4.79 Å². The molecule has 0 aromatic rings. The van der Waals surface area contributed by atoms with Crippen molar-refractivity contribution in [1.29, 1.82) is 0 Å². The fourth-order valence-electron chi connectivity index (χ4n) is 2.50. The van der Waals surface area contributed by atoms with Gasteiger partial charge in [0.05, 0.1) is 39.0 Å². The van der Waals surface area contributed by atoms with Gasteiger partial charge in [-0.2, -0.15) is 0 Å². The molecule has 6 nitrogen and oxygen atoms in total. The van der Waals surface area contributed by atoms with E-state index in [1.807, 2.05) is 20.8 Å². The first kappa shape index (κ1) is 18.5. The van der Waals surface area contributed by atoms with Gasteiger partial charge in [0.25, 0.3) is 0 Å². The number of carbonyl (C=O) groups excluding carboxylic acids is 1. The Morgan fingerprint density at radius 3 is 2.48 bits per heavy atom. The Balaban J connectivity index is 1.45. The molecule has 2 aliphatic heterocycles. The van der Waals surface area contributed by atoms with E-state index in [1.54, 1.807) is 4.90 Å². The molecule has 0 saturated carbocycles. The minimum absolute atomic E-state index is 0.129. The third-order valence-electron chi connectivity index (χ3n) is 4.26. The van der Waals surface area contributed by atoms with Gasteiger partial charge in [-0.3, -0.25) is 0 Å². The number of rotatable bonds is 8. The van der Waals surface area contributed by atoms with Crippen molar-refractivity contribution >= 4 is 6.09 Å². The number of hydrogen-bond acceptors (Lipinski definition) is 5. The summed E-state index contributed by atoms with van der Waals surface area (Å²) in [5.41, 5.74) is -0.190. The highest BCUT2D eigenvalue weighted by molar-refractivity contribution is 5.69. The molecular formula is C17H31NO5. The quantitative estimate of drug-likeness (QED) is 0.640. The van der Waals surface area contributed by atoms with Crippen LogP contribution in [0.5, 0.6) is 0 Å². The Bertz CT molecular complexity index is 377. The zero-order valence-electron chi connectivity index (χ0n) is 14.9. The molecule has 2 saturated heterocycles. The molecule has 2 fully saturated rings. The number of nitrogens with zero attached hydrogens (tertiary/aromatic N) is 1. The second-order valence-corrected chi connectivity index (χ2v) is 7.63. The van der Waals surface area contributed by atoms with E-state index < -0.39 is 5.60 Å². The van der Waals surface area contributed by atoms with Gasteiger partial charge in [-0.15, -0.1) is 0 Å². The molecule has 23 heavy (non-hydrogen) atoms. The third-order valence-corrected chi connectivity index (χ3v) is 4.26. The Morgan fingerprint density at radius 2 is 1.96 bits per heavy atom. The van der Waals surface area contributed by atoms with Crippen molar-refractivity contribution in [3.63, 3.8) is 0 Å². The number of amides is 1. The van der Waals surface area contributed by atoms with Crippen LogP contribution in [0.2, 0.25) is 0 Å². The third kappa shape index (κ3) is 5.62. The number of ether oxygens (including phenoxy) is 4. The molecule has 0 N–H and O–H groups in total. The van der Waals surface area contributed by atoms with Crippen LogP contribution >= 0.6 is 0 Å². The normalized spacial score (nSPS) is 20.8. The maximum Gasteiger partial charge on any atom is 0.410 e. The topological polar surface area (TPSA) is 57.2 Å². The molecule has 2 heterocycles. The summed E-state index contributed by atoms with van der Waals surface area (Å²) in [7, 11) is 0. The van der Waals surface area contributed by atoms with Crippen LogP contribution in [0.15, 0.2) is 0 Å². The van der Waals surface area contributed by atoms with Gasteiger partial charge < -0.3 is 23.8 Å². The fourth-order valence-corrected chi connectivity index (χ4v) is 2.50. The van der Waals surface area contributed by atoms with Gasteiger partial charge in [0.1, 0.15) is 5.60 Å². The second-order valence-electron chi connectivity index (χ2n) is 7.63. The minimum atomic E-state index is -0.443. The zero-order valence-corrected chi connectivity index (χ0v) is 14.9. The van der Waals surface area contributed by atoms with Crippen LogP contribution < -0.4 is 0 Å². The first-order chi connectivity index (χ1) is 10.8. The Hall–Kier alpha value is -0.850. The lowest BCUT2D eigenvalue weighted by molar-refractivity contribution is -0.151. The van der Waals surface area contributed by atoms with Crippen molar-refractivity contribution in [1.82, 2.24) is 4.90 Å². The summed E-state index contributed by atoms with van der Waals surface area (Å²) < 4.78 is 22.0. The largest absolute Gasteiger partial charge is 0.444 e. The van der Waals surface area contributed by atoms with Gasteiger partial charge in [0.2, 0.25) is 0 Å². The molecule has 2 aliphatic rings. The van der Waals surface area contributed by atoms with Gasteiger partial charge in [0.15, 0.2) is 0 Å². The molecule has 0 radical (unpaired) electrons. The minimum Gasteiger partial charge on any atom is -0.444 e. The Labute approximate surface area is 139 Å². The summed E-state index contributed by atoms with van der Waals surface area (Å²) in [5, 5.41) is 0. The molecule has 0 aromatic heterocycles. The summed E-state index contributed by atoms with van der Waals surface area (Å²) in [6.07, 6.45) is 1.85. The maximum absolute atomic E-state index is 11.8. The molecule has 0 spiro atoms. The van der Waals surface area contributed by atoms with Crippen molar-refractivity contribution in [3.8, 4) is 0 Å². The zero-order chi connectivity index (χ0) is 16.9.